The standard InChI is InChI=1S/C13H27N/c1-11(2)6-9-13(14)8-5-7-12(3,4)10-13/h11H,5-10,14H2,1-4H3. The summed E-state index contributed by atoms with van der Waals surface area (Å²) in [4.78, 5) is 0. The molecule has 0 aromatic rings. The van der Waals surface area contributed by atoms with Gasteiger partial charge in [-0.15, -0.1) is 0 Å². The van der Waals surface area contributed by atoms with Crippen molar-refractivity contribution in [2.24, 2.45) is 17.1 Å². The predicted octanol–water partition coefficient (Wildman–Crippen LogP) is 3.72. The molecule has 0 amide bonds. The molecule has 1 fully saturated rings. The summed E-state index contributed by atoms with van der Waals surface area (Å²) in [6.45, 7) is 9.31. The Hall–Kier alpha value is -0.0400. The highest BCUT2D eigenvalue weighted by Crippen LogP contribution is 2.41. The molecular weight excluding hydrogens is 170 g/mol. The summed E-state index contributed by atoms with van der Waals surface area (Å²) in [5.41, 5.74) is 7.10. The van der Waals surface area contributed by atoms with Gasteiger partial charge in [0.2, 0.25) is 0 Å². The van der Waals surface area contributed by atoms with Crippen molar-refractivity contribution in [2.45, 2.75) is 71.8 Å². The van der Waals surface area contributed by atoms with Gasteiger partial charge in [0.25, 0.3) is 0 Å². The molecule has 84 valence electrons. The Labute approximate surface area is 89.5 Å². The fourth-order valence-electron chi connectivity index (χ4n) is 2.84. The van der Waals surface area contributed by atoms with Gasteiger partial charge in [-0.25, -0.2) is 0 Å². The molecule has 14 heavy (non-hydrogen) atoms. The Balaban J connectivity index is 2.47. The van der Waals surface area contributed by atoms with Crippen LogP contribution in [0, 0.1) is 11.3 Å². The van der Waals surface area contributed by atoms with Crippen molar-refractivity contribution < 1.29 is 0 Å². The lowest BCUT2D eigenvalue weighted by molar-refractivity contribution is 0.138. The van der Waals surface area contributed by atoms with Crippen LogP contribution in [0.15, 0.2) is 0 Å². The number of rotatable bonds is 3. The van der Waals surface area contributed by atoms with E-state index in [0.29, 0.717) is 5.41 Å². The van der Waals surface area contributed by atoms with Gasteiger partial charge >= 0.3 is 0 Å². The summed E-state index contributed by atoms with van der Waals surface area (Å²) in [5.74, 6) is 0.792. The lowest BCUT2D eigenvalue weighted by Gasteiger charge is -2.43. The van der Waals surface area contributed by atoms with Crippen molar-refractivity contribution in [3.8, 4) is 0 Å². The first-order valence-electron chi connectivity index (χ1n) is 6.12. The Morgan fingerprint density at radius 3 is 2.36 bits per heavy atom. The molecule has 1 atom stereocenters. The Kier molecular flexibility index (Phi) is 3.63. The van der Waals surface area contributed by atoms with Crippen LogP contribution in [0.5, 0.6) is 0 Å². The summed E-state index contributed by atoms with van der Waals surface area (Å²) in [5, 5.41) is 0. The molecule has 0 radical (unpaired) electrons. The van der Waals surface area contributed by atoms with E-state index >= 15 is 0 Å². The van der Waals surface area contributed by atoms with E-state index in [1.165, 1.54) is 38.5 Å². The van der Waals surface area contributed by atoms with Crippen LogP contribution in [0.2, 0.25) is 0 Å². The molecule has 1 heteroatoms. The van der Waals surface area contributed by atoms with E-state index in [4.69, 9.17) is 5.73 Å². The first-order valence-corrected chi connectivity index (χ1v) is 6.12. The number of nitrogens with two attached hydrogens (primary N) is 1. The molecule has 1 unspecified atom stereocenters. The van der Waals surface area contributed by atoms with E-state index in [-0.39, 0.29) is 5.54 Å². The van der Waals surface area contributed by atoms with Crippen molar-refractivity contribution in [1.29, 1.82) is 0 Å². The molecule has 1 nitrogen and oxygen atoms in total. The molecule has 1 aliphatic rings. The third-order valence-electron chi connectivity index (χ3n) is 3.58. The summed E-state index contributed by atoms with van der Waals surface area (Å²) in [7, 11) is 0. The van der Waals surface area contributed by atoms with E-state index in [0.717, 1.165) is 5.92 Å². The minimum atomic E-state index is 0.145. The quantitative estimate of drug-likeness (QED) is 0.733. The van der Waals surface area contributed by atoms with Crippen LogP contribution < -0.4 is 5.73 Å². The highest BCUT2D eigenvalue weighted by molar-refractivity contribution is 4.94. The molecule has 2 N–H and O–H groups in total. The van der Waals surface area contributed by atoms with Gasteiger partial charge in [0.15, 0.2) is 0 Å². The second kappa shape index (κ2) is 4.22. The molecule has 0 heterocycles. The van der Waals surface area contributed by atoms with Crippen LogP contribution in [-0.2, 0) is 0 Å². The second-order valence-corrected chi connectivity index (χ2v) is 6.49. The van der Waals surface area contributed by atoms with Crippen molar-refractivity contribution in [3.05, 3.63) is 0 Å². The molecule has 0 aliphatic heterocycles. The van der Waals surface area contributed by atoms with Crippen LogP contribution >= 0.6 is 0 Å². The van der Waals surface area contributed by atoms with Crippen LogP contribution in [0.4, 0.5) is 0 Å². The van der Waals surface area contributed by atoms with E-state index < -0.39 is 0 Å². The molecule has 0 saturated heterocycles. The molecule has 0 bridgehead atoms. The third-order valence-corrected chi connectivity index (χ3v) is 3.58. The lowest BCUT2D eigenvalue weighted by Crippen LogP contribution is -2.46. The maximum Gasteiger partial charge on any atom is 0.0159 e. The molecule has 1 saturated carbocycles. The zero-order valence-electron chi connectivity index (χ0n) is 10.4. The average Bonchev–Trinajstić information content (AvgIpc) is 1.98. The van der Waals surface area contributed by atoms with Gasteiger partial charge in [-0.2, -0.15) is 0 Å². The summed E-state index contributed by atoms with van der Waals surface area (Å²) < 4.78 is 0. The van der Waals surface area contributed by atoms with Gasteiger partial charge in [-0.05, 0) is 43.4 Å². The highest BCUT2D eigenvalue weighted by atomic mass is 14.8. The van der Waals surface area contributed by atoms with Crippen molar-refractivity contribution in [1.82, 2.24) is 0 Å². The minimum Gasteiger partial charge on any atom is -0.325 e. The van der Waals surface area contributed by atoms with Gasteiger partial charge in [-0.1, -0.05) is 34.1 Å². The second-order valence-electron chi connectivity index (χ2n) is 6.49. The topological polar surface area (TPSA) is 26.0 Å². The maximum absolute atomic E-state index is 6.48. The van der Waals surface area contributed by atoms with Gasteiger partial charge in [-0.3, -0.25) is 0 Å². The van der Waals surface area contributed by atoms with Crippen LogP contribution in [0.3, 0.4) is 0 Å². The molecule has 0 aromatic heterocycles. The van der Waals surface area contributed by atoms with Crippen molar-refractivity contribution in [2.75, 3.05) is 0 Å². The third kappa shape index (κ3) is 3.61. The summed E-state index contributed by atoms with van der Waals surface area (Å²) in [6, 6.07) is 0. The van der Waals surface area contributed by atoms with Crippen LogP contribution in [0.1, 0.15) is 66.2 Å². The summed E-state index contributed by atoms with van der Waals surface area (Å²) >= 11 is 0. The number of hydrogen-bond acceptors (Lipinski definition) is 1. The SMILES string of the molecule is CC(C)CCC1(N)CCCC(C)(C)C1. The monoisotopic (exact) mass is 197 g/mol. The van der Waals surface area contributed by atoms with Crippen molar-refractivity contribution >= 4 is 0 Å². The van der Waals surface area contributed by atoms with Gasteiger partial charge in [0.05, 0.1) is 0 Å². The Bertz CT molecular complexity index is 184. The minimum absolute atomic E-state index is 0.145. The fraction of sp³-hybridized carbons (Fsp3) is 1.00. The van der Waals surface area contributed by atoms with E-state index in [2.05, 4.69) is 27.7 Å². The van der Waals surface area contributed by atoms with Crippen molar-refractivity contribution in [3.63, 3.8) is 0 Å². The van der Waals surface area contributed by atoms with Gasteiger partial charge in [0, 0.05) is 5.54 Å². The first-order chi connectivity index (χ1) is 6.33. The zero-order valence-corrected chi connectivity index (χ0v) is 10.4. The lowest BCUT2D eigenvalue weighted by atomic mass is 9.66. The van der Waals surface area contributed by atoms with Gasteiger partial charge < -0.3 is 5.73 Å². The highest BCUT2D eigenvalue weighted by Gasteiger charge is 2.36. The van der Waals surface area contributed by atoms with E-state index in [1.54, 1.807) is 0 Å². The molecule has 1 aliphatic carbocycles. The van der Waals surface area contributed by atoms with E-state index in [1.807, 2.05) is 0 Å². The fourth-order valence-corrected chi connectivity index (χ4v) is 2.84. The largest absolute Gasteiger partial charge is 0.325 e. The summed E-state index contributed by atoms with van der Waals surface area (Å²) in [6.07, 6.45) is 7.63. The Morgan fingerprint density at radius 1 is 1.21 bits per heavy atom. The normalized spacial score (nSPS) is 32.1. The maximum atomic E-state index is 6.48. The van der Waals surface area contributed by atoms with E-state index in [9.17, 15) is 0 Å². The zero-order chi connectivity index (χ0) is 10.8. The molecule has 1 rings (SSSR count). The molecular formula is C13H27N. The molecule has 0 aromatic carbocycles. The smallest absolute Gasteiger partial charge is 0.0159 e. The Morgan fingerprint density at radius 2 is 1.86 bits per heavy atom. The number of hydrogen-bond donors (Lipinski definition) is 1. The predicted molar refractivity (Wildman–Crippen MR) is 63.2 cm³/mol. The average molecular weight is 197 g/mol. The van der Waals surface area contributed by atoms with Gasteiger partial charge in [0.1, 0.15) is 0 Å². The van der Waals surface area contributed by atoms with Crippen LogP contribution in [0.25, 0.3) is 0 Å². The van der Waals surface area contributed by atoms with Crippen LogP contribution in [-0.4, -0.2) is 5.54 Å². The molecule has 0 spiro atoms. The first kappa shape index (κ1) is 12.0.